The average molecular weight is 551 g/mol. The molecular formula is C40H70. The molecule has 0 heteroatoms. The van der Waals surface area contributed by atoms with Crippen LogP contribution < -0.4 is 0 Å². The van der Waals surface area contributed by atoms with E-state index in [2.05, 4.69) is 93.2 Å². The van der Waals surface area contributed by atoms with Crippen LogP contribution in [0.15, 0.2) is 47.6 Å². The molecule has 2 rings (SSSR count). The fourth-order valence-corrected chi connectivity index (χ4v) is 8.25. The van der Waals surface area contributed by atoms with E-state index >= 15 is 0 Å². The summed E-state index contributed by atoms with van der Waals surface area (Å²) >= 11 is 0. The van der Waals surface area contributed by atoms with Gasteiger partial charge in [-0.1, -0.05) is 128 Å². The maximum absolute atomic E-state index is 4.47. The van der Waals surface area contributed by atoms with Crippen molar-refractivity contribution in [3.8, 4) is 0 Å². The Morgan fingerprint density at radius 1 is 0.850 bits per heavy atom. The van der Waals surface area contributed by atoms with Crippen molar-refractivity contribution in [3.63, 3.8) is 0 Å². The molecule has 1 fully saturated rings. The standard InChI is InChI=1S/C40H70/c1-31(19-13-21-33(3)25-27-37-35(5)23-15-29-39(37,7)8)17-11-12-18-32(2)20-14-22-34(4)26-28-38-36(6)24-16-30-40(38,9)10/h16,20,22,30-31,35-38H,3,11-15,17-19,21,23-29H2,1-2,4-10H3/b32-20+,34-22+/t31?,35-,36+,37+,38-/m1/s1. The molecule has 0 aromatic heterocycles. The number of unbranched alkanes of at least 4 members (excludes halogenated alkanes) is 1. The number of hydrogen-bond acceptors (Lipinski definition) is 0. The summed E-state index contributed by atoms with van der Waals surface area (Å²) in [6, 6.07) is 0. The predicted molar refractivity (Wildman–Crippen MR) is 182 cm³/mol. The monoisotopic (exact) mass is 551 g/mol. The zero-order chi connectivity index (χ0) is 29.8. The molecule has 230 valence electrons. The molecule has 0 radical (unpaired) electrons. The average Bonchev–Trinajstić information content (AvgIpc) is 2.85. The molecule has 2 aliphatic carbocycles. The Morgan fingerprint density at radius 2 is 1.50 bits per heavy atom. The highest BCUT2D eigenvalue weighted by atomic mass is 14.4. The maximum atomic E-state index is 4.47. The summed E-state index contributed by atoms with van der Waals surface area (Å²) < 4.78 is 0. The number of hydrogen-bond donors (Lipinski definition) is 0. The second-order valence-corrected chi connectivity index (χ2v) is 15.9. The van der Waals surface area contributed by atoms with E-state index in [1.54, 1.807) is 11.1 Å². The Bertz CT molecular complexity index is 830. The zero-order valence-electron chi connectivity index (χ0n) is 28.7. The molecule has 1 unspecified atom stereocenters. The van der Waals surface area contributed by atoms with E-state index in [-0.39, 0.29) is 0 Å². The third-order valence-corrected chi connectivity index (χ3v) is 11.2. The number of allylic oxidation sites excluding steroid dienone is 7. The van der Waals surface area contributed by atoms with Crippen molar-refractivity contribution in [1.82, 2.24) is 0 Å². The largest absolute Gasteiger partial charge is 0.0999 e. The highest BCUT2D eigenvalue weighted by Gasteiger charge is 2.36. The molecule has 0 heterocycles. The Balaban J connectivity index is 1.54. The van der Waals surface area contributed by atoms with E-state index in [9.17, 15) is 0 Å². The van der Waals surface area contributed by atoms with Crippen LogP contribution in [0.2, 0.25) is 0 Å². The van der Waals surface area contributed by atoms with Crippen molar-refractivity contribution in [2.75, 3.05) is 0 Å². The van der Waals surface area contributed by atoms with Crippen LogP contribution in [0, 0.1) is 40.4 Å². The van der Waals surface area contributed by atoms with Crippen molar-refractivity contribution >= 4 is 0 Å². The molecule has 2 aliphatic rings. The molecule has 0 spiro atoms. The second kappa shape index (κ2) is 17.2. The fraction of sp³-hybridized carbons (Fsp3) is 0.800. The van der Waals surface area contributed by atoms with Gasteiger partial charge in [0.25, 0.3) is 0 Å². The van der Waals surface area contributed by atoms with Gasteiger partial charge in [0.2, 0.25) is 0 Å². The molecule has 5 atom stereocenters. The highest BCUT2D eigenvalue weighted by molar-refractivity contribution is 5.09. The molecule has 0 aromatic rings. The van der Waals surface area contributed by atoms with Gasteiger partial charge in [-0.05, 0) is 125 Å². The third kappa shape index (κ3) is 12.4. The minimum Gasteiger partial charge on any atom is -0.0999 e. The molecule has 0 bridgehead atoms. The van der Waals surface area contributed by atoms with Crippen molar-refractivity contribution in [1.29, 1.82) is 0 Å². The van der Waals surface area contributed by atoms with Crippen molar-refractivity contribution in [2.45, 2.75) is 165 Å². The molecule has 0 saturated heterocycles. The zero-order valence-corrected chi connectivity index (χ0v) is 28.7. The van der Waals surface area contributed by atoms with Crippen molar-refractivity contribution < 1.29 is 0 Å². The van der Waals surface area contributed by atoms with Crippen LogP contribution in [0.25, 0.3) is 0 Å². The van der Waals surface area contributed by atoms with Gasteiger partial charge in [-0.2, -0.15) is 0 Å². The van der Waals surface area contributed by atoms with E-state index in [0.29, 0.717) is 10.8 Å². The van der Waals surface area contributed by atoms with Crippen LogP contribution in [0.3, 0.4) is 0 Å². The van der Waals surface area contributed by atoms with Gasteiger partial charge in [0.15, 0.2) is 0 Å². The Labute approximate surface area is 252 Å². The van der Waals surface area contributed by atoms with Gasteiger partial charge in [-0.15, -0.1) is 0 Å². The van der Waals surface area contributed by atoms with E-state index in [1.165, 1.54) is 102 Å². The first-order valence-corrected chi connectivity index (χ1v) is 17.5. The van der Waals surface area contributed by atoms with Crippen molar-refractivity contribution in [2.24, 2.45) is 40.4 Å². The second-order valence-electron chi connectivity index (χ2n) is 15.9. The summed E-state index contributed by atoms with van der Waals surface area (Å²) in [5.41, 5.74) is 5.54. The molecule has 0 aromatic carbocycles. The van der Waals surface area contributed by atoms with Gasteiger partial charge < -0.3 is 0 Å². The van der Waals surface area contributed by atoms with Gasteiger partial charge in [0.05, 0.1) is 0 Å². The van der Waals surface area contributed by atoms with E-state index in [4.69, 9.17) is 0 Å². The fourth-order valence-electron chi connectivity index (χ4n) is 8.25. The number of rotatable bonds is 17. The molecule has 40 heavy (non-hydrogen) atoms. The van der Waals surface area contributed by atoms with Crippen LogP contribution in [0.1, 0.15) is 165 Å². The normalized spacial score (nSPS) is 27.5. The molecule has 1 saturated carbocycles. The molecule has 0 amide bonds. The van der Waals surface area contributed by atoms with Gasteiger partial charge >= 0.3 is 0 Å². The first kappa shape index (κ1) is 35.2. The summed E-state index contributed by atoms with van der Waals surface area (Å²) in [6.45, 7) is 26.4. The summed E-state index contributed by atoms with van der Waals surface area (Å²) in [7, 11) is 0. The quantitative estimate of drug-likeness (QED) is 0.125. The first-order chi connectivity index (χ1) is 18.8. The molecule has 0 nitrogen and oxygen atoms in total. The van der Waals surface area contributed by atoms with E-state index in [1.807, 2.05) is 0 Å². The Morgan fingerprint density at radius 3 is 2.17 bits per heavy atom. The van der Waals surface area contributed by atoms with Crippen LogP contribution in [-0.2, 0) is 0 Å². The lowest BCUT2D eigenvalue weighted by Crippen LogP contribution is -2.33. The van der Waals surface area contributed by atoms with Gasteiger partial charge in [0, 0.05) is 0 Å². The minimum absolute atomic E-state index is 0.352. The van der Waals surface area contributed by atoms with Gasteiger partial charge in [0.1, 0.15) is 0 Å². The summed E-state index contributed by atoms with van der Waals surface area (Å²) in [5.74, 6) is 4.25. The summed E-state index contributed by atoms with van der Waals surface area (Å²) in [4.78, 5) is 0. The van der Waals surface area contributed by atoms with E-state index in [0.717, 1.165) is 36.0 Å². The SMILES string of the molecule is C=C(CCCC(C)CCCC/C(C)=C/C/C=C(\C)CC[C@@H]1[C@@H](C)CC=CC1(C)C)CC[C@H]1[C@H](C)CCCC1(C)C. The first-order valence-electron chi connectivity index (χ1n) is 17.5. The van der Waals surface area contributed by atoms with Crippen LogP contribution >= 0.6 is 0 Å². The molecular weight excluding hydrogens is 480 g/mol. The predicted octanol–water partition coefficient (Wildman–Crippen LogP) is 13.5. The van der Waals surface area contributed by atoms with E-state index < -0.39 is 0 Å². The molecule has 0 N–H and O–H groups in total. The minimum atomic E-state index is 0.352. The van der Waals surface area contributed by atoms with Crippen LogP contribution in [0.5, 0.6) is 0 Å². The van der Waals surface area contributed by atoms with Gasteiger partial charge in [-0.3, -0.25) is 0 Å². The van der Waals surface area contributed by atoms with Gasteiger partial charge in [-0.25, -0.2) is 0 Å². The summed E-state index contributed by atoms with van der Waals surface area (Å²) in [5, 5.41) is 0. The van der Waals surface area contributed by atoms with Crippen molar-refractivity contribution in [3.05, 3.63) is 47.6 Å². The topological polar surface area (TPSA) is 0 Å². The Kier molecular flexibility index (Phi) is 15.1. The lowest BCUT2D eigenvalue weighted by atomic mass is 9.62. The lowest BCUT2D eigenvalue weighted by Gasteiger charge is -2.43. The highest BCUT2D eigenvalue weighted by Crippen LogP contribution is 2.46. The Hall–Kier alpha value is -1.04. The smallest absolute Gasteiger partial charge is 0.0144 e. The van der Waals surface area contributed by atoms with Crippen LogP contribution in [0.4, 0.5) is 0 Å². The third-order valence-electron chi connectivity index (χ3n) is 11.2. The summed E-state index contributed by atoms with van der Waals surface area (Å²) in [6.07, 6.45) is 31.0. The molecule has 0 aliphatic heterocycles. The lowest BCUT2D eigenvalue weighted by molar-refractivity contribution is 0.0765. The maximum Gasteiger partial charge on any atom is -0.0144 e. The van der Waals surface area contributed by atoms with Crippen LogP contribution in [-0.4, -0.2) is 0 Å².